The third kappa shape index (κ3) is 5.40. The van der Waals surface area contributed by atoms with Crippen LogP contribution in [0.4, 0.5) is 0 Å². The molecule has 0 bridgehead atoms. The van der Waals surface area contributed by atoms with Gasteiger partial charge in [0, 0.05) is 12.3 Å². The van der Waals surface area contributed by atoms with Gasteiger partial charge in [-0.15, -0.1) is 0 Å². The highest BCUT2D eigenvalue weighted by Gasteiger charge is 2.56. The standard InChI is InChI=1S/C22H27N3O8/c1-22(2)32-17-15(31-19(18(17)33-22)25-9-8-16(26)24-21(25)28)12-30-20(27)14(23)11-29-10-13-6-4-3-5-7-13/h3-9,14-15,17-19H,10-12,23H2,1-2H3,(H,24,26,28)/p+1/t14-,15+,17+,18+,19+/m0/s1. The molecule has 11 nitrogen and oxygen atoms in total. The summed E-state index contributed by atoms with van der Waals surface area (Å²) in [5.41, 5.74) is 3.65. The van der Waals surface area contributed by atoms with Gasteiger partial charge in [0.25, 0.3) is 5.56 Å². The van der Waals surface area contributed by atoms with E-state index in [4.69, 9.17) is 23.7 Å². The second kappa shape index (κ2) is 9.57. The molecule has 2 aromatic rings. The third-order valence-corrected chi connectivity index (χ3v) is 5.40. The smallest absolute Gasteiger partial charge is 0.367 e. The van der Waals surface area contributed by atoms with Crippen LogP contribution in [0.3, 0.4) is 0 Å². The number of nitrogens with zero attached hydrogens (tertiary/aromatic N) is 1. The predicted molar refractivity (Wildman–Crippen MR) is 113 cm³/mol. The molecule has 2 aliphatic heterocycles. The lowest BCUT2D eigenvalue weighted by Crippen LogP contribution is -2.67. The highest BCUT2D eigenvalue weighted by Crippen LogP contribution is 2.42. The number of hydrogen-bond donors (Lipinski definition) is 2. The Morgan fingerprint density at radius 2 is 1.91 bits per heavy atom. The minimum absolute atomic E-state index is 0.105. The number of carbonyl (C=O) groups excluding carboxylic acids is 1. The second-order valence-electron chi connectivity index (χ2n) is 8.47. The minimum atomic E-state index is -0.911. The zero-order valence-electron chi connectivity index (χ0n) is 18.5. The maximum atomic E-state index is 12.4. The monoisotopic (exact) mass is 462 g/mol. The second-order valence-corrected chi connectivity index (χ2v) is 8.47. The number of aromatic nitrogens is 2. The number of fused-ring (bicyclic) bond motifs is 1. The van der Waals surface area contributed by atoms with Crippen LogP contribution in [0.15, 0.2) is 52.2 Å². The van der Waals surface area contributed by atoms with Crippen molar-refractivity contribution in [1.82, 2.24) is 9.55 Å². The molecule has 1 aromatic carbocycles. The SMILES string of the molecule is CC1(C)O[C@@H]2[C@H](O1)[C@@H](COC(=O)[C@@H]([NH3+])COCc1ccccc1)O[C@H]2n1ccc(=O)[nH]c1=O. The van der Waals surface area contributed by atoms with E-state index in [0.717, 1.165) is 5.56 Å². The first kappa shape index (κ1) is 23.3. The van der Waals surface area contributed by atoms with Gasteiger partial charge in [0.1, 0.15) is 31.5 Å². The molecule has 4 N–H and O–H groups in total. The molecule has 2 aliphatic rings. The molecular weight excluding hydrogens is 434 g/mol. The third-order valence-electron chi connectivity index (χ3n) is 5.40. The van der Waals surface area contributed by atoms with Gasteiger partial charge in [-0.2, -0.15) is 0 Å². The molecule has 0 radical (unpaired) electrons. The first-order valence-electron chi connectivity index (χ1n) is 10.7. The number of quaternary nitrogens is 1. The molecule has 5 atom stereocenters. The van der Waals surface area contributed by atoms with E-state index in [1.807, 2.05) is 30.3 Å². The van der Waals surface area contributed by atoms with Gasteiger partial charge in [-0.05, 0) is 19.4 Å². The van der Waals surface area contributed by atoms with Crippen LogP contribution in [0.1, 0.15) is 25.6 Å². The Morgan fingerprint density at radius 1 is 1.18 bits per heavy atom. The molecule has 2 fully saturated rings. The summed E-state index contributed by atoms with van der Waals surface area (Å²) in [7, 11) is 0. The van der Waals surface area contributed by atoms with E-state index in [1.54, 1.807) is 13.8 Å². The molecule has 1 aromatic heterocycles. The lowest BCUT2D eigenvalue weighted by Gasteiger charge is -2.24. The molecule has 178 valence electrons. The number of carbonyl (C=O) groups is 1. The molecule has 0 aliphatic carbocycles. The van der Waals surface area contributed by atoms with E-state index in [0.29, 0.717) is 6.61 Å². The maximum Gasteiger partial charge on any atom is 0.367 e. The van der Waals surface area contributed by atoms with E-state index in [-0.39, 0.29) is 13.2 Å². The summed E-state index contributed by atoms with van der Waals surface area (Å²) < 4.78 is 30.0. The number of nitrogens with one attached hydrogen (secondary N) is 1. The number of benzene rings is 1. The Kier molecular flexibility index (Phi) is 6.77. The number of hydrogen-bond acceptors (Lipinski definition) is 8. The van der Waals surface area contributed by atoms with Crippen molar-refractivity contribution in [2.24, 2.45) is 0 Å². The van der Waals surface area contributed by atoms with E-state index in [9.17, 15) is 14.4 Å². The van der Waals surface area contributed by atoms with Crippen molar-refractivity contribution in [2.75, 3.05) is 13.2 Å². The van der Waals surface area contributed by atoms with Crippen LogP contribution in [0.2, 0.25) is 0 Å². The van der Waals surface area contributed by atoms with E-state index in [1.165, 1.54) is 16.8 Å². The molecule has 0 saturated carbocycles. The quantitative estimate of drug-likeness (QED) is 0.491. The number of rotatable bonds is 8. The van der Waals surface area contributed by atoms with Crippen LogP contribution in [-0.2, 0) is 35.1 Å². The Bertz CT molecular complexity index is 1080. The normalized spacial score (nSPS) is 26.6. The first-order chi connectivity index (χ1) is 15.7. The molecule has 33 heavy (non-hydrogen) atoms. The van der Waals surface area contributed by atoms with Crippen molar-refractivity contribution in [1.29, 1.82) is 0 Å². The van der Waals surface area contributed by atoms with Gasteiger partial charge < -0.3 is 29.4 Å². The van der Waals surface area contributed by atoms with Crippen LogP contribution < -0.4 is 17.0 Å². The minimum Gasteiger partial charge on any atom is -0.458 e. The van der Waals surface area contributed by atoms with Crippen LogP contribution in [0.5, 0.6) is 0 Å². The van der Waals surface area contributed by atoms with Gasteiger partial charge in [-0.3, -0.25) is 14.3 Å². The maximum absolute atomic E-state index is 12.4. The fourth-order valence-electron chi connectivity index (χ4n) is 3.89. The molecule has 3 heterocycles. The van der Waals surface area contributed by atoms with Gasteiger partial charge in [0.2, 0.25) is 6.04 Å². The van der Waals surface area contributed by atoms with Crippen LogP contribution in [0.25, 0.3) is 0 Å². The summed E-state index contributed by atoms with van der Waals surface area (Å²) in [5, 5.41) is 0. The number of aromatic amines is 1. The first-order valence-corrected chi connectivity index (χ1v) is 10.7. The Labute approximate surface area is 189 Å². The molecule has 4 rings (SSSR count). The van der Waals surface area contributed by atoms with Crippen molar-refractivity contribution in [3.05, 3.63) is 69.0 Å². The molecule has 11 heteroatoms. The van der Waals surface area contributed by atoms with Gasteiger partial charge in [-0.1, -0.05) is 30.3 Å². The number of H-pyrrole nitrogens is 1. The Balaban J connectivity index is 1.35. The van der Waals surface area contributed by atoms with Crippen molar-refractivity contribution in [2.45, 2.75) is 56.8 Å². The highest BCUT2D eigenvalue weighted by molar-refractivity contribution is 5.74. The number of esters is 1. The molecule has 2 saturated heterocycles. The van der Waals surface area contributed by atoms with Crippen LogP contribution in [-0.4, -0.2) is 58.9 Å². The van der Waals surface area contributed by atoms with Crippen molar-refractivity contribution in [3.8, 4) is 0 Å². The van der Waals surface area contributed by atoms with E-state index >= 15 is 0 Å². The summed E-state index contributed by atoms with van der Waals surface area (Å²) in [6.45, 7) is 3.85. The van der Waals surface area contributed by atoms with E-state index in [2.05, 4.69) is 10.7 Å². The zero-order valence-corrected chi connectivity index (χ0v) is 18.5. The summed E-state index contributed by atoms with van der Waals surface area (Å²) in [5.74, 6) is -1.45. The van der Waals surface area contributed by atoms with Gasteiger partial charge in [0.05, 0.1) is 6.61 Å². The summed E-state index contributed by atoms with van der Waals surface area (Å²) in [4.78, 5) is 38.3. The average Bonchev–Trinajstić information content (AvgIpc) is 3.26. The number of ether oxygens (including phenoxy) is 5. The Hall–Kier alpha value is -2.83. The van der Waals surface area contributed by atoms with Gasteiger partial charge in [-0.25, -0.2) is 9.59 Å². The van der Waals surface area contributed by atoms with Crippen LogP contribution >= 0.6 is 0 Å². The van der Waals surface area contributed by atoms with E-state index < -0.39 is 53.6 Å². The molecule has 0 amide bonds. The van der Waals surface area contributed by atoms with Gasteiger partial charge in [0.15, 0.2) is 12.0 Å². The van der Waals surface area contributed by atoms with Crippen molar-refractivity contribution < 1.29 is 34.2 Å². The summed E-state index contributed by atoms with van der Waals surface area (Å²) in [6, 6.07) is 10.1. The fraction of sp³-hybridized carbons (Fsp3) is 0.500. The van der Waals surface area contributed by atoms with Crippen molar-refractivity contribution >= 4 is 5.97 Å². The Morgan fingerprint density at radius 3 is 2.64 bits per heavy atom. The molecule has 0 spiro atoms. The largest absolute Gasteiger partial charge is 0.458 e. The predicted octanol–water partition coefficient (Wildman–Crippen LogP) is -0.675. The lowest BCUT2D eigenvalue weighted by atomic mass is 10.1. The average molecular weight is 462 g/mol. The highest BCUT2D eigenvalue weighted by atomic mass is 16.8. The molecular formula is C22H28N3O8+. The molecule has 0 unspecified atom stereocenters. The van der Waals surface area contributed by atoms with Crippen LogP contribution in [0, 0.1) is 0 Å². The summed E-state index contributed by atoms with van der Waals surface area (Å²) in [6.07, 6.45) is -1.40. The van der Waals surface area contributed by atoms with Crippen molar-refractivity contribution in [3.63, 3.8) is 0 Å². The fourth-order valence-corrected chi connectivity index (χ4v) is 3.89. The lowest BCUT2D eigenvalue weighted by molar-refractivity contribution is -0.415. The van der Waals surface area contributed by atoms with Gasteiger partial charge >= 0.3 is 11.7 Å². The topological polar surface area (TPSA) is 146 Å². The summed E-state index contributed by atoms with van der Waals surface area (Å²) >= 11 is 0. The zero-order chi connectivity index (χ0) is 23.6.